The quantitative estimate of drug-likeness (QED) is 0.497. The molecule has 118 valence electrons. The zero-order chi connectivity index (χ0) is 15.6. The maximum absolute atomic E-state index is 9.88. The summed E-state index contributed by atoms with van der Waals surface area (Å²) in [5.74, 6) is 0.124. The summed E-state index contributed by atoms with van der Waals surface area (Å²) < 4.78 is 10.8. The van der Waals surface area contributed by atoms with Gasteiger partial charge in [-0.3, -0.25) is 0 Å². The van der Waals surface area contributed by atoms with Crippen molar-refractivity contribution in [3.8, 4) is 5.75 Å². The predicted molar refractivity (Wildman–Crippen MR) is 71.4 cm³/mol. The average Bonchev–Trinajstić information content (AvgIpc) is 2.48. The molecule has 1 aromatic carbocycles. The van der Waals surface area contributed by atoms with Gasteiger partial charge in [0.05, 0.1) is 12.7 Å². The first-order chi connectivity index (χ1) is 9.93. The van der Waals surface area contributed by atoms with E-state index in [1.54, 1.807) is 19.1 Å². The largest absolute Gasteiger partial charge is 0.508 e. The van der Waals surface area contributed by atoms with Crippen molar-refractivity contribution in [1.29, 1.82) is 0 Å². The van der Waals surface area contributed by atoms with Crippen LogP contribution in [-0.2, 0) is 9.47 Å². The van der Waals surface area contributed by atoms with Gasteiger partial charge in [0.1, 0.15) is 30.2 Å². The minimum atomic E-state index is -1.46. The topological polar surface area (TPSA) is 120 Å². The van der Waals surface area contributed by atoms with Crippen molar-refractivity contribution < 1.29 is 35.0 Å². The molecule has 1 heterocycles. The minimum Gasteiger partial charge on any atom is -0.508 e. The minimum absolute atomic E-state index is 0.124. The number of aliphatic hydroxyl groups is 4. The van der Waals surface area contributed by atoms with Crippen LogP contribution in [0, 0.1) is 0 Å². The van der Waals surface area contributed by atoms with Crippen molar-refractivity contribution in [2.45, 2.75) is 43.7 Å². The zero-order valence-corrected chi connectivity index (χ0v) is 11.5. The van der Waals surface area contributed by atoms with Gasteiger partial charge in [0, 0.05) is 0 Å². The van der Waals surface area contributed by atoms with Crippen LogP contribution in [0.5, 0.6) is 5.75 Å². The molecule has 7 heteroatoms. The smallest absolute Gasteiger partial charge is 0.187 e. The van der Waals surface area contributed by atoms with Crippen molar-refractivity contribution >= 4 is 0 Å². The first kappa shape index (κ1) is 16.2. The molecule has 0 bridgehead atoms. The van der Waals surface area contributed by atoms with Crippen molar-refractivity contribution in [3.05, 3.63) is 29.8 Å². The standard InChI is InChI=1S/C14H20O7/c1-7(8-2-4-9(16)5-3-8)20-14-13(19)12(18)11(17)10(6-15)21-14/h2-5,7,10-19H,6H2,1H3/t7?,10-,11-,12+,13-,14-/m1/s1. The molecule has 0 amide bonds. The van der Waals surface area contributed by atoms with Gasteiger partial charge < -0.3 is 35.0 Å². The lowest BCUT2D eigenvalue weighted by molar-refractivity contribution is -0.311. The van der Waals surface area contributed by atoms with E-state index < -0.39 is 43.4 Å². The summed E-state index contributed by atoms with van der Waals surface area (Å²) in [4.78, 5) is 0. The number of benzene rings is 1. The van der Waals surface area contributed by atoms with Crippen LogP contribution in [0.3, 0.4) is 0 Å². The third kappa shape index (κ3) is 3.52. The van der Waals surface area contributed by atoms with Crippen LogP contribution in [0.1, 0.15) is 18.6 Å². The first-order valence-corrected chi connectivity index (χ1v) is 6.69. The van der Waals surface area contributed by atoms with Gasteiger partial charge in [-0.25, -0.2) is 0 Å². The lowest BCUT2D eigenvalue weighted by atomic mass is 9.99. The van der Waals surface area contributed by atoms with E-state index in [9.17, 15) is 20.4 Å². The molecule has 0 radical (unpaired) electrons. The van der Waals surface area contributed by atoms with E-state index in [1.165, 1.54) is 12.1 Å². The van der Waals surface area contributed by atoms with Gasteiger partial charge in [-0.15, -0.1) is 0 Å². The van der Waals surface area contributed by atoms with Crippen LogP contribution in [0.4, 0.5) is 0 Å². The maximum atomic E-state index is 9.88. The summed E-state index contributed by atoms with van der Waals surface area (Å²) in [7, 11) is 0. The predicted octanol–water partition coefficient (Wildman–Crippen LogP) is -0.730. The molecule has 0 spiro atoms. The van der Waals surface area contributed by atoms with Crippen LogP contribution in [0.15, 0.2) is 24.3 Å². The molecule has 5 N–H and O–H groups in total. The van der Waals surface area contributed by atoms with Gasteiger partial charge in [-0.05, 0) is 24.6 Å². The summed E-state index contributed by atoms with van der Waals surface area (Å²) in [5, 5.41) is 47.6. The molecule has 0 aliphatic carbocycles. The second-order valence-corrected chi connectivity index (χ2v) is 5.07. The molecule has 7 nitrogen and oxygen atoms in total. The third-order valence-electron chi connectivity index (χ3n) is 3.55. The van der Waals surface area contributed by atoms with Crippen molar-refractivity contribution in [1.82, 2.24) is 0 Å². The first-order valence-electron chi connectivity index (χ1n) is 6.69. The second-order valence-electron chi connectivity index (χ2n) is 5.07. The van der Waals surface area contributed by atoms with E-state index >= 15 is 0 Å². The molecular formula is C14H20O7. The highest BCUT2D eigenvalue weighted by molar-refractivity contribution is 5.27. The summed E-state index contributed by atoms with van der Waals surface area (Å²) in [6, 6.07) is 6.32. The van der Waals surface area contributed by atoms with E-state index in [2.05, 4.69) is 0 Å². The number of phenols is 1. The van der Waals surface area contributed by atoms with Gasteiger partial charge in [0.25, 0.3) is 0 Å². The number of aromatic hydroxyl groups is 1. The maximum Gasteiger partial charge on any atom is 0.187 e. The summed E-state index contributed by atoms with van der Waals surface area (Å²) in [5.41, 5.74) is 0.741. The highest BCUT2D eigenvalue weighted by atomic mass is 16.7. The normalized spacial score (nSPS) is 34.6. The SMILES string of the molecule is CC(O[C@@H]1O[C@H](CO)[C@@H](O)[C@H](O)[C@H]1O)c1ccc(O)cc1. The molecule has 1 unspecified atom stereocenters. The van der Waals surface area contributed by atoms with Gasteiger partial charge in [-0.2, -0.15) is 0 Å². The Balaban J connectivity index is 2.05. The van der Waals surface area contributed by atoms with Gasteiger partial charge >= 0.3 is 0 Å². The zero-order valence-electron chi connectivity index (χ0n) is 11.5. The molecule has 6 atom stereocenters. The monoisotopic (exact) mass is 300 g/mol. The molecular weight excluding hydrogens is 280 g/mol. The van der Waals surface area contributed by atoms with Crippen molar-refractivity contribution in [2.75, 3.05) is 6.61 Å². The van der Waals surface area contributed by atoms with E-state index in [-0.39, 0.29) is 5.75 Å². The van der Waals surface area contributed by atoms with Crippen LogP contribution >= 0.6 is 0 Å². The van der Waals surface area contributed by atoms with Crippen molar-refractivity contribution in [3.63, 3.8) is 0 Å². The molecule has 1 saturated heterocycles. The number of phenolic OH excluding ortho intramolecular Hbond substituents is 1. The molecule has 2 rings (SSSR count). The van der Waals surface area contributed by atoms with Crippen LogP contribution in [0.2, 0.25) is 0 Å². The molecule has 21 heavy (non-hydrogen) atoms. The fourth-order valence-corrected chi connectivity index (χ4v) is 2.20. The van der Waals surface area contributed by atoms with Crippen LogP contribution < -0.4 is 0 Å². The molecule has 1 aliphatic heterocycles. The Labute approximate surface area is 122 Å². The van der Waals surface area contributed by atoms with Crippen molar-refractivity contribution in [2.24, 2.45) is 0 Å². The van der Waals surface area contributed by atoms with Gasteiger partial charge in [0.15, 0.2) is 6.29 Å². The Hall–Kier alpha value is -1.22. The third-order valence-corrected chi connectivity index (χ3v) is 3.55. The Morgan fingerprint density at radius 2 is 1.71 bits per heavy atom. The van der Waals surface area contributed by atoms with Gasteiger partial charge in [0.2, 0.25) is 0 Å². The summed E-state index contributed by atoms with van der Waals surface area (Å²) >= 11 is 0. The molecule has 1 aliphatic rings. The van der Waals surface area contributed by atoms with Crippen LogP contribution in [-0.4, -0.2) is 62.8 Å². The molecule has 1 fully saturated rings. The Morgan fingerprint density at radius 3 is 2.29 bits per heavy atom. The van der Waals surface area contributed by atoms with Gasteiger partial charge in [-0.1, -0.05) is 12.1 Å². The lowest BCUT2D eigenvalue weighted by Gasteiger charge is -2.40. The fourth-order valence-electron chi connectivity index (χ4n) is 2.20. The van der Waals surface area contributed by atoms with E-state index in [0.717, 1.165) is 5.56 Å². The highest BCUT2D eigenvalue weighted by Crippen LogP contribution is 2.27. The average molecular weight is 300 g/mol. The number of hydrogen-bond donors (Lipinski definition) is 5. The number of aliphatic hydroxyl groups excluding tert-OH is 4. The van der Waals surface area contributed by atoms with E-state index in [4.69, 9.17) is 14.6 Å². The lowest BCUT2D eigenvalue weighted by Crippen LogP contribution is -2.59. The Kier molecular flexibility index (Phi) is 5.15. The Morgan fingerprint density at radius 1 is 1.10 bits per heavy atom. The van der Waals surface area contributed by atoms with E-state index in [0.29, 0.717) is 0 Å². The number of rotatable bonds is 4. The summed E-state index contributed by atoms with van der Waals surface area (Å²) in [6.07, 6.45) is -6.96. The van der Waals surface area contributed by atoms with E-state index in [1.807, 2.05) is 0 Å². The number of hydrogen-bond acceptors (Lipinski definition) is 7. The second kappa shape index (κ2) is 6.69. The molecule has 0 saturated carbocycles. The summed E-state index contributed by atoms with van der Waals surface area (Å²) in [6.45, 7) is 1.21. The highest BCUT2D eigenvalue weighted by Gasteiger charge is 2.44. The number of ether oxygens (including phenoxy) is 2. The molecule has 1 aromatic rings. The fraction of sp³-hybridized carbons (Fsp3) is 0.571. The Bertz CT molecular complexity index is 447. The van der Waals surface area contributed by atoms with Crippen LogP contribution in [0.25, 0.3) is 0 Å². The molecule has 0 aromatic heterocycles.